The van der Waals surface area contributed by atoms with Crippen molar-refractivity contribution in [3.8, 4) is 45.0 Å². The van der Waals surface area contributed by atoms with E-state index in [0.717, 1.165) is 44.5 Å². The van der Waals surface area contributed by atoms with Gasteiger partial charge in [-0.1, -0.05) is 146 Å². The number of aromatic nitrogens is 3. The normalized spacial score (nSPS) is 11.9. The van der Waals surface area contributed by atoms with Gasteiger partial charge in [-0.25, -0.2) is 9.97 Å². The summed E-state index contributed by atoms with van der Waals surface area (Å²) in [5.74, 6) is 0.685. The van der Waals surface area contributed by atoms with Crippen molar-refractivity contribution in [1.29, 1.82) is 0 Å². The quantitative estimate of drug-likeness (QED) is 0.171. The predicted octanol–water partition coefficient (Wildman–Crippen LogP) is 14.0. The van der Waals surface area contributed by atoms with Crippen molar-refractivity contribution in [1.82, 2.24) is 15.0 Å². The van der Waals surface area contributed by atoms with Crippen LogP contribution in [0.4, 0.5) is 0 Å². The second kappa shape index (κ2) is 12.0. The standard InChI is InChI=1S/C53H31N3/c1-2-10-35(11-3-1)53-55-47(30-48(56-53)41-27-37-12-4-5-21-46(37)54-31-41)38-17-6-16-36(26-38)40-28-39-25-24-34-14-8-19-43-42-18-7-13-32-22-23-33-15-9-20-44(51(33)49(32)42)45(29-40)52(39)50(34)43/h1-31H. The van der Waals surface area contributed by atoms with E-state index in [-0.39, 0.29) is 0 Å². The average molecular weight is 710 g/mol. The number of hydrogen-bond acceptors (Lipinski definition) is 3. The van der Waals surface area contributed by atoms with Gasteiger partial charge in [0.25, 0.3) is 0 Å². The maximum absolute atomic E-state index is 5.18. The maximum atomic E-state index is 5.18. The monoisotopic (exact) mass is 709 g/mol. The molecule has 0 fully saturated rings. The summed E-state index contributed by atoms with van der Waals surface area (Å²) in [6, 6.07) is 65.7. The van der Waals surface area contributed by atoms with Crippen molar-refractivity contribution in [2.24, 2.45) is 0 Å². The van der Waals surface area contributed by atoms with Crippen molar-refractivity contribution in [3.05, 3.63) is 188 Å². The van der Waals surface area contributed by atoms with Crippen LogP contribution in [0, 0.1) is 0 Å². The lowest BCUT2D eigenvalue weighted by Crippen LogP contribution is -1.96. The Bertz CT molecular complexity index is 3530. The molecule has 3 heteroatoms. The van der Waals surface area contributed by atoms with E-state index in [2.05, 4.69) is 146 Å². The molecule has 0 spiro atoms. The van der Waals surface area contributed by atoms with Gasteiger partial charge in [-0.3, -0.25) is 4.98 Å². The number of hydrogen-bond donors (Lipinski definition) is 0. The lowest BCUT2D eigenvalue weighted by Gasteiger charge is -2.17. The van der Waals surface area contributed by atoms with Crippen LogP contribution < -0.4 is 0 Å². The van der Waals surface area contributed by atoms with Gasteiger partial charge in [0.15, 0.2) is 5.82 Å². The highest BCUT2D eigenvalue weighted by molar-refractivity contribution is 6.37. The Morgan fingerprint density at radius 3 is 1.52 bits per heavy atom. The zero-order valence-electron chi connectivity index (χ0n) is 30.2. The van der Waals surface area contributed by atoms with Gasteiger partial charge < -0.3 is 0 Å². The van der Waals surface area contributed by atoms with Crippen molar-refractivity contribution in [2.45, 2.75) is 0 Å². The van der Waals surface area contributed by atoms with Crippen LogP contribution in [0.1, 0.15) is 0 Å². The van der Waals surface area contributed by atoms with Crippen LogP contribution in [-0.4, -0.2) is 15.0 Å². The van der Waals surface area contributed by atoms with Crippen LogP contribution in [0.5, 0.6) is 0 Å². The molecule has 12 rings (SSSR count). The maximum Gasteiger partial charge on any atom is 0.160 e. The predicted molar refractivity (Wildman–Crippen MR) is 235 cm³/mol. The van der Waals surface area contributed by atoms with E-state index in [9.17, 15) is 0 Å². The molecule has 0 aliphatic rings. The first-order chi connectivity index (χ1) is 27.7. The molecule has 56 heavy (non-hydrogen) atoms. The summed E-state index contributed by atoms with van der Waals surface area (Å²) in [4.78, 5) is 15.0. The van der Waals surface area contributed by atoms with Gasteiger partial charge in [0.1, 0.15) is 0 Å². The molecule has 0 atom stereocenters. The Morgan fingerprint density at radius 1 is 0.286 bits per heavy atom. The molecular weight excluding hydrogens is 679 g/mol. The zero-order valence-corrected chi connectivity index (χ0v) is 30.2. The Kier molecular flexibility index (Phi) is 6.63. The summed E-state index contributed by atoms with van der Waals surface area (Å²) in [5, 5.41) is 16.4. The Hall–Kier alpha value is -7.49. The van der Waals surface area contributed by atoms with Crippen LogP contribution in [-0.2, 0) is 0 Å². The number of para-hydroxylation sites is 1. The van der Waals surface area contributed by atoms with E-state index >= 15 is 0 Å². The molecular formula is C53H31N3. The van der Waals surface area contributed by atoms with Crippen molar-refractivity contribution >= 4 is 75.5 Å². The van der Waals surface area contributed by atoms with Crippen LogP contribution >= 0.6 is 0 Å². The van der Waals surface area contributed by atoms with Gasteiger partial charge in [0.2, 0.25) is 0 Å². The van der Waals surface area contributed by atoms with Gasteiger partial charge in [-0.15, -0.1) is 0 Å². The molecule has 0 unspecified atom stereocenters. The number of benzene rings is 9. The third-order valence-corrected chi connectivity index (χ3v) is 11.6. The van der Waals surface area contributed by atoms with Gasteiger partial charge in [0.05, 0.1) is 16.9 Å². The van der Waals surface area contributed by atoms with E-state index in [0.29, 0.717) is 5.82 Å². The molecule has 0 N–H and O–H groups in total. The molecule has 0 saturated heterocycles. The van der Waals surface area contributed by atoms with Crippen molar-refractivity contribution in [3.63, 3.8) is 0 Å². The Morgan fingerprint density at radius 2 is 0.804 bits per heavy atom. The zero-order chi connectivity index (χ0) is 36.7. The fourth-order valence-electron chi connectivity index (χ4n) is 8.98. The molecule has 0 saturated carbocycles. The summed E-state index contributed by atoms with van der Waals surface area (Å²) in [7, 11) is 0. The van der Waals surface area contributed by atoms with E-state index in [1.54, 1.807) is 0 Å². The molecule has 12 aromatic rings. The SMILES string of the molecule is c1ccc(-c2nc(-c3cccc(-c4cc5ccc6cccc7c8cccc9ccc%10cccc(c(c4)c5c67)c%10c98)c3)cc(-c3cnc4ccccc4c3)n2)cc1. The largest absolute Gasteiger partial charge is 0.256 e. The fourth-order valence-corrected chi connectivity index (χ4v) is 8.98. The minimum absolute atomic E-state index is 0.685. The molecule has 2 aromatic heterocycles. The third-order valence-electron chi connectivity index (χ3n) is 11.6. The van der Waals surface area contributed by atoms with E-state index < -0.39 is 0 Å². The van der Waals surface area contributed by atoms with Crippen LogP contribution in [0.15, 0.2) is 188 Å². The molecule has 0 amide bonds. The first-order valence-corrected chi connectivity index (χ1v) is 19.1. The van der Waals surface area contributed by atoms with Gasteiger partial charge in [-0.2, -0.15) is 0 Å². The highest BCUT2D eigenvalue weighted by atomic mass is 14.9. The Labute approximate surface area is 322 Å². The highest BCUT2D eigenvalue weighted by Gasteiger charge is 2.17. The molecule has 0 bridgehead atoms. The summed E-state index contributed by atoms with van der Waals surface area (Å²) < 4.78 is 0. The van der Waals surface area contributed by atoms with Gasteiger partial charge >= 0.3 is 0 Å². The summed E-state index contributed by atoms with van der Waals surface area (Å²) in [6.07, 6.45) is 1.92. The highest BCUT2D eigenvalue weighted by Crippen LogP contribution is 2.44. The molecule has 2 heterocycles. The smallest absolute Gasteiger partial charge is 0.160 e. The number of fused-ring (bicyclic) bond motifs is 3. The van der Waals surface area contributed by atoms with Crippen LogP contribution in [0.2, 0.25) is 0 Å². The van der Waals surface area contributed by atoms with Gasteiger partial charge in [-0.05, 0) is 112 Å². The topological polar surface area (TPSA) is 38.7 Å². The van der Waals surface area contributed by atoms with E-state index in [4.69, 9.17) is 15.0 Å². The fraction of sp³-hybridized carbons (Fsp3) is 0. The van der Waals surface area contributed by atoms with E-state index in [1.165, 1.54) is 70.2 Å². The van der Waals surface area contributed by atoms with E-state index in [1.807, 2.05) is 42.6 Å². The van der Waals surface area contributed by atoms with Crippen molar-refractivity contribution < 1.29 is 0 Å². The number of rotatable bonds is 4. The second-order valence-corrected chi connectivity index (χ2v) is 14.8. The molecule has 0 aliphatic heterocycles. The van der Waals surface area contributed by atoms with Crippen LogP contribution in [0.3, 0.4) is 0 Å². The lowest BCUT2D eigenvalue weighted by atomic mass is 9.86. The van der Waals surface area contributed by atoms with Crippen molar-refractivity contribution in [2.75, 3.05) is 0 Å². The summed E-state index contributed by atoms with van der Waals surface area (Å²) >= 11 is 0. The average Bonchev–Trinajstić information content (AvgIpc) is 3.27. The lowest BCUT2D eigenvalue weighted by molar-refractivity contribution is 1.18. The summed E-state index contributed by atoms with van der Waals surface area (Å²) in [5.41, 5.74) is 7.92. The third kappa shape index (κ3) is 4.74. The van der Waals surface area contributed by atoms with Gasteiger partial charge in [0, 0.05) is 28.3 Å². The number of pyridine rings is 1. The minimum atomic E-state index is 0.685. The molecule has 0 radical (unpaired) electrons. The first-order valence-electron chi connectivity index (χ1n) is 19.1. The number of nitrogens with zero attached hydrogens (tertiary/aromatic N) is 3. The van der Waals surface area contributed by atoms with Crippen LogP contribution in [0.25, 0.3) is 121 Å². The molecule has 258 valence electrons. The summed E-state index contributed by atoms with van der Waals surface area (Å²) in [6.45, 7) is 0. The minimum Gasteiger partial charge on any atom is -0.256 e. The molecule has 10 aromatic carbocycles. The molecule has 0 aliphatic carbocycles. The Balaban J connectivity index is 1.11. The second-order valence-electron chi connectivity index (χ2n) is 14.8. The molecule has 3 nitrogen and oxygen atoms in total. The first kappa shape index (κ1) is 30.9.